The second-order valence-corrected chi connectivity index (χ2v) is 2.82. The van der Waals surface area contributed by atoms with E-state index < -0.39 is 6.04 Å². The maximum atomic E-state index is 11.4. The third kappa shape index (κ3) is 1.87. The Morgan fingerprint density at radius 2 is 2.38 bits per heavy atom. The summed E-state index contributed by atoms with van der Waals surface area (Å²) in [6, 6.07) is -0.413. The first kappa shape index (κ1) is 9.75. The maximum absolute atomic E-state index is 11.4. The molecular formula is C9H12N2O2. The summed E-state index contributed by atoms with van der Waals surface area (Å²) in [5.41, 5.74) is 0. The van der Waals surface area contributed by atoms with E-state index in [4.69, 9.17) is 6.42 Å². The third-order valence-electron chi connectivity index (χ3n) is 2.01. The van der Waals surface area contributed by atoms with Crippen molar-refractivity contribution < 1.29 is 9.59 Å². The molecule has 1 heterocycles. The number of hydrogen-bond donors (Lipinski definition) is 1. The van der Waals surface area contributed by atoms with Crippen molar-refractivity contribution in [3.05, 3.63) is 0 Å². The van der Waals surface area contributed by atoms with E-state index in [0.717, 1.165) is 0 Å². The van der Waals surface area contributed by atoms with Gasteiger partial charge in [0.2, 0.25) is 11.8 Å². The number of hydrogen-bond acceptors (Lipinski definition) is 3. The Balaban J connectivity index is 2.58. The molecule has 1 saturated heterocycles. The zero-order valence-electron chi connectivity index (χ0n) is 7.54. The quantitative estimate of drug-likeness (QED) is 0.464. The van der Waals surface area contributed by atoms with E-state index in [2.05, 4.69) is 11.2 Å². The van der Waals surface area contributed by atoms with E-state index in [-0.39, 0.29) is 18.2 Å². The van der Waals surface area contributed by atoms with Gasteiger partial charge in [-0.2, -0.15) is 0 Å². The van der Waals surface area contributed by atoms with Crippen molar-refractivity contribution in [1.29, 1.82) is 0 Å². The minimum Gasteiger partial charge on any atom is -0.295 e. The van der Waals surface area contributed by atoms with Gasteiger partial charge in [0.15, 0.2) is 0 Å². The second kappa shape index (κ2) is 4.06. The molecule has 0 bridgehead atoms. The molecule has 2 amide bonds. The summed E-state index contributed by atoms with van der Waals surface area (Å²) in [6.07, 6.45) is 5.26. The molecule has 1 N–H and O–H groups in total. The van der Waals surface area contributed by atoms with Crippen LogP contribution in [0, 0.1) is 12.3 Å². The number of carbonyl (C=O) groups is 2. The molecule has 0 aromatic carbocycles. The lowest BCUT2D eigenvalue weighted by Crippen LogP contribution is -2.38. The Bertz CT molecular complexity index is 267. The van der Waals surface area contributed by atoms with Gasteiger partial charge in [-0.05, 0) is 6.92 Å². The van der Waals surface area contributed by atoms with Crippen LogP contribution in [0.25, 0.3) is 0 Å². The molecule has 1 aliphatic heterocycles. The number of nitrogens with one attached hydrogen (secondary N) is 1. The highest BCUT2D eigenvalue weighted by Crippen LogP contribution is 2.11. The molecule has 4 heteroatoms. The molecule has 0 spiro atoms. The lowest BCUT2D eigenvalue weighted by molar-refractivity contribution is -0.138. The Labute approximate surface area is 77.3 Å². The number of amides is 2. The van der Waals surface area contributed by atoms with Crippen LogP contribution < -0.4 is 5.32 Å². The van der Waals surface area contributed by atoms with Gasteiger partial charge in [-0.1, -0.05) is 5.92 Å². The van der Waals surface area contributed by atoms with Gasteiger partial charge in [-0.3, -0.25) is 19.8 Å². The molecule has 1 unspecified atom stereocenters. The van der Waals surface area contributed by atoms with E-state index in [9.17, 15) is 9.59 Å². The van der Waals surface area contributed by atoms with Crippen LogP contribution in [0.2, 0.25) is 0 Å². The zero-order valence-corrected chi connectivity index (χ0v) is 7.54. The van der Waals surface area contributed by atoms with E-state index in [1.165, 1.54) is 4.90 Å². The van der Waals surface area contributed by atoms with E-state index in [0.29, 0.717) is 13.1 Å². The molecule has 1 rings (SSSR count). The number of carbonyl (C=O) groups excluding carboxylic acids is 2. The van der Waals surface area contributed by atoms with Gasteiger partial charge in [0.05, 0.1) is 19.0 Å². The SMILES string of the molecule is C#CCNC1CC(=O)N(CC)C1=O. The molecule has 4 nitrogen and oxygen atoms in total. The minimum atomic E-state index is -0.413. The Kier molecular flexibility index (Phi) is 3.04. The lowest BCUT2D eigenvalue weighted by Gasteiger charge is -2.11. The number of rotatable bonds is 3. The van der Waals surface area contributed by atoms with Gasteiger partial charge in [0, 0.05) is 6.54 Å². The highest BCUT2D eigenvalue weighted by atomic mass is 16.2. The summed E-state index contributed by atoms with van der Waals surface area (Å²) in [5.74, 6) is 2.08. The molecule has 1 atom stereocenters. The number of imide groups is 1. The first-order chi connectivity index (χ1) is 6.20. The number of nitrogens with zero attached hydrogens (tertiary/aromatic N) is 1. The van der Waals surface area contributed by atoms with Crippen LogP contribution >= 0.6 is 0 Å². The smallest absolute Gasteiger partial charge is 0.246 e. The molecule has 0 saturated carbocycles. The van der Waals surface area contributed by atoms with Crippen molar-refractivity contribution in [3.8, 4) is 12.3 Å². The lowest BCUT2D eigenvalue weighted by atomic mass is 10.2. The molecule has 0 aliphatic carbocycles. The van der Waals surface area contributed by atoms with Gasteiger partial charge in [0.1, 0.15) is 0 Å². The van der Waals surface area contributed by atoms with Gasteiger partial charge >= 0.3 is 0 Å². The zero-order chi connectivity index (χ0) is 9.84. The predicted molar refractivity (Wildman–Crippen MR) is 47.6 cm³/mol. The van der Waals surface area contributed by atoms with Gasteiger partial charge in [-0.25, -0.2) is 0 Å². The summed E-state index contributed by atoms with van der Waals surface area (Å²) >= 11 is 0. The fourth-order valence-electron chi connectivity index (χ4n) is 1.36. The van der Waals surface area contributed by atoms with E-state index in [1.54, 1.807) is 6.92 Å². The summed E-state index contributed by atoms with van der Waals surface area (Å²) in [7, 11) is 0. The van der Waals surface area contributed by atoms with Crippen LogP contribution in [0.3, 0.4) is 0 Å². The van der Waals surface area contributed by atoms with Crippen molar-refractivity contribution in [3.63, 3.8) is 0 Å². The van der Waals surface area contributed by atoms with Crippen LogP contribution in [-0.2, 0) is 9.59 Å². The van der Waals surface area contributed by atoms with E-state index in [1.807, 2.05) is 0 Å². The van der Waals surface area contributed by atoms with Crippen molar-refractivity contribution in [2.75, 3.05) is 13.1 Å². The normalized spacial score (nSPS) is 22.2. The standard InChI is InChI=1S/C9H12N2O2/c1-3-5-10-7-6-8(12)11(4-2)9(7)13/h1,7,10H,4-6H2,2H3. The molecule has 0 aromatic rings. The van der Waals surface area contributed by atoms with Crippen LogP contribution in [0.4, 0.5) is 0 Å². The maximum Gasteiger partial charge on any atom is 0.246 e. The Hall–Kier alpha value is -1.34. The number of terminal acetylenes is 1. The minimum absolute atomic E-state index is 0.123. The Morgan fingerprint density at radius 1 is 1.69 bits per heavy atom. The average Bonchev–Trinajstić information content (AvgIpc) is 2.38. The second-order valence-electron chi connectivity index (χ2n) is 2.82. The summed E-state index contributed by atoms with van der Waals surface area (Å²) < 4.78 is 0. The molecule has 0 aromatic heterocycles. The Morgan fingerprint density at radius 3 is 2.85 bits per heavy atom. The average molecular weight is 180 g/mol. The highest BCUT2D eigenvalue weighted by molar-refractivity contribution is 6.05. The van der Waals surface area contributed by atoms with Gasteiger partial charge in [-0.15, -0.1) is 6.42 Å². The first-order valence-corrected chi connectivity index (χ1v) is 4.21. The van der Waals surface area contributed by atoms with Crippen LogP contribution in [0.15, 0.2) is 0 Å². The molecule has 1 aliphatic rings. The molecule has 1 fully saturated rings. The largest absolute Gasteiger partial charge is 0.295 e. The van der Waals surface area contributed by atoms with Crippen LogP contribution in [0.1, 0.15) is 13.3 Å². The van der Waals surface area contributed by atoms with Crippen LogP contribution in [-0.4, -0.2) is 35.8 Å². The number of likely N-dealkylation sites (N-methyl/N-ethyl adjacent to an activating group) is 1. The molecule has 0 radical (unpaired) electrons. The van der Waals surface area contributed by atoms with Crippen molar-refractivity contribution in [2.24, 2.45) is 0 Å². The number of likely N-dealkylation sites (tertiary alicyclic amines) is 1. The topological polar surface area (TPSA) is 49.4 Å². The van der Waals surface area contributed by atoms with Crippen LogP contribution in [0.5, 0.6) is 0 Å². The summed E-state index contributed by atoms with van der Waals surface area (Å²) in [5, 5.41) is 2.83. The molecule has 70 valence electrons. The first-order valence-electron chi connectivity index (χ1n) is 4.21. The molecule has 13 heavy (non-hydrogen) atoms. The van der Waals surface area contributed by atoms with E-state index >= 15 is 0 Å². The van der Waals surface area contributed by atoms with Crippen molar-refractivity contribution in [1.82, 2.24) is 10.2 Å². The van der Waals surface area contributed by atoms with Crippen molar-refractivity contribution in [2.45, 2.75) is 19.4 Å². The summed E-state index contributed by atoms with van der Waals surface area (Å²) in [6.45, 7) is 2.53. The van der Waals surface area contributed by atoms with Gasteiger partial charge < -0.3 is 0 Å². The fourth-order valence-corrected chi connectivity index (χ4v) is 1.36. The highest BCUT2D eigenvalue weighted by Gasteiger charge is 2.36. The van der Waals surface area contributed by atoms with Gasteiger partial charge in [0.25, 0.3) is 0 Å². The third-order valence-corrected chi connectivity index (χ3v) is 2.01. The van der Waals surface area contributed by atoms with Crippen molar-refractivity contribution >= 4 is 11.8 Å². The fraction of sp³-hybridized carbons (Fsp3) is 0.556. The predicted octanol–water partition coefficient (Wildman–Crippen LogP) is -0.643. The monoisotopic (exact) mass is 180 g/mol. The molecular weight excluding hydrogens is 168 g/mol. The summed E-state index contributed by atoms with van der Waals surface area (Å²) in [4.78, 5) is 23.9.